The highest BCUT2D eigenvalue weighted by Crippen LogP contribution is 2.23. The molecule has 138 valence electrons. The van der Waals surface area contributed by atoms with E-state index < -0.39 is 8.69 Å². The fraction of sp³-hybridized carbons (Fsp3) is 1.00. The van der Waals surface area contributed by atoms with Crippen LogP contribution in [0.25, 0.3) is 0 Å². The Hall–Kier alpha value is 0.0600. The van der Waals surface area contributed by atoms with E-state index in [4.69, 9.17) is 4.52 Å². The number of rotatable bonds is 19. The van der Waals surface area contributed by atoms with Gasteiger partial charge >= 0.3 is 8.69 Å². The lowest BCUT2D eigenvalue weighted by atomic mass is 9.90. The zero-order valence-corrected chi connectivity index (χ0v) is 16.9. The summed E-state index contributed by atoms with van der Waals surface area (Å²) in [5.74, 6) is 0.867. The van der Waals surface area contributed by atoms with Gasteiger partial charge in [0.05, 0.1) is 0 Å². The summed E-state index contributed by atoms with van der Waals surface area (Å²) >= 11 is 0. The van der Waals surface area contributed by atoms with E-state index in [1.165, 1.54) is 96.3 Å². The molecule has 0 saturated carbocycles. The number of hydrogen-bond donors (Lipinski definition) is 0. The van der Waals surface area contributed by atoms with Crippen molar-refractivity contribution in [3.8, 4) is 0 Å². The highest BCUT2D eigenvalue weighted by atomic mass is 31.1. The standard InChI is InChI=1S/C20H42O2P/c1-3-5-7-9-11-13-16-20(18-15-19-22-23-21)17-14-12-10-8-6-4-2/h20,23H,3-19H2,1-2H3/q+1. The first kappa shape index (κ1) is 23.1. The summed E-state index contributed by atoms with van der Waals surface area (Å²) in [6.07, 6.45) is 21.8. The van der Waals surface area contributed by atoms with Crippen LogP contribution in [0, 0.1) is 5.92 Å². The van der Waals surface area contributed by atoms with Gasteiger partial charge in [0, 0.05) is 0 Å². The molecule has 1 unspecified atom stereocenters. The van der Waals surface area contributed by atoms with Crippen LogP contribution in [0.1, 0.15) is 117 Å². The molecule has 2 nitrogen and oxygen atoms in total. The summed E-state index contributed by atoms with van der Waals surface area (Å²) in [5.41, 5.74) is 0. The van der Waals surface area contributed by atoms with Gasteiger partial charge < -0.3 is 0 Å². The summed E-state index contributed by atoms with van der Waals surface area (Å²) in [5, 5.41) is 0. The maximum absolute atomic E-state index is 10.4. The molecule has 0 saturated heterocycles. The van der Waals surface area contributed by atoms with Crippen LogP contribution in [0.3, 0.4) is 0 Å². The molecule has 0 fully saturated rings. The first-order chi connectivity index (χ1) is 11.3. The zero-order valence-electron chi connectivity index (χ0n) is 15.9. The minimum absolute atomic E-state index is 0.588. The zero-order chi connectivity index (χ0) is 17.0. The fourth-order valence-electron chi connectivity index (χ4n) is 3.35. The Labute approximate surface area is 147 Å². The Balaban J connectivity index is 3.72. The predicted molar refractivity (Wildman–Crippen MR) is 104 cm³/mol. The molecule has 0 aromatic carbocycles. The minimum atomic E-state index is -0.588. The van der Waals surface area contributed by atoms with Gasteiger partial charge in [-0.3, -0.25) is 0 Å². The molecule has 3 heteroatoms. The maximum atomic E-state index is 10.4. The van der Waals surface area contributed by atoms with E-state index in [1.807, 2.05) is 0 Å². The van der Waals surface area contributed by atoms with E-state index >= 15 is 0 Å². The molecule has 0 bridgehead atoms. The fourth-order valence-corrected chi connectivity index (χ4v) is 3.57. The predicted octanol–water partition coefficient (Wildman–Crippen LogP) is 7.84. The molecule has 0 spiro atoms. The monoisotopic (exact) mass is 345 g/mol. The van der Waals surface area contributed by atoms with Crippen LogP contribution in [0.15, 0.2) is 0 Å². The number of unbranched alkanes of at least 4 members (excludes halogenated alkanes) is 10. The Bertz CT molecular complexity index is 218. The smallest absolute Gasteiger partial charge is 0.148 e. The van der Waals surface area contributed by atoms with Gasteiger partial charge in [0.2, 0.25) is 0 Å². The topological polar surface area (TPSA) is 26.3 Å². The van der Waals surface area contributed by atoms with Gasteiger partial charge in [-0.2, -0.15) is 0 Å². The first-order valence-corrected chi connectivity index (χ1v) is 11.2. The van der Waals surface area contributed by atoms with Crippen LogP contribution in [0.4, 0.5) is 0 Å². The van der Waals surface area contributed by atoms with Crippen molar-refractivity contribution in [1.29, 1.82) is 0 Å². The summed E-state index contributed by atoms with van der Waals surface area (Å²) in [7, 11) is -0.588. The third kappa shape index (κ3) is 18.2. The van der Waals surface area contributed by atoms with Gasteiger partial charge in [0.15, 0.2) is 0 Å². The van der Waals surface area contributed by atoms with E-state index in [1.54, 1.807) is 0 Å². The Morgan fingerprint density at radius 2 is 1.09 bits per heavy atom. The molecule has 0 aromatic heterocycles. The van der Waals surface area contributed by atoms with Crippen LogP contribution >= 0.6 is 8.69 Å². The second kappa shape index (κ2) is 20.1. The Kier molecular flexibility index (Phi) is 20.2. The Morgan fingerprint density at radius 3 is 1.57 bits per heavy atom. The van der Waals surface area contributed by atoms with E-state index in [-0.39, 0.29) is 0 Å². The van der Waals surface area contributed by atoms with Crippen molar-refractivity contribution in [2.45, 2.75) is 117 Å². The lowest BCUT2D eigenvalue weighted by Gasteiger charge is -2.16. The van der Waals surface area contributed by atoms with Gasteiger partial charge in [-0.25, -0.2) is 0 Å². The maximum Gasteiger partial charge on any atom is 0.494 e. The minimum Gasteiger partial charge on any atom is -0.148 e. The molecule has 0 N–H and O–H groups in total. The van der Waals surface area contributed by atoms with Crippen LogP contribution in [0.5, 0.6) is 0 Å². The summed E-state index contributed by atoms with van der Waals surface area (Å²) < 4.78 is 15.4. The highest BCUT2D eigenvalue weighted by Gasteiger charge is 2.09. The van der Waals surface area contributed by atoms with Crippen LogP contribution in [0.2, 0.25) is 0 Å². The summed E-state index contributed by atoms with van der Waals surface area (Å²) in [4.78, 5) is 0. The van der Waals surface area contributed by atoms with Crippen molar-refractivity contribution in [3.05, 3.63) is 0 Å². The molecule has 0 aliphatic rings. The lowest BCUT2D eigenvalue weighted by molar-refractivity contribution is 0.297. The third-order valence-electron chi connectivity index (χ3n) is 4.85. The van der Waals surface area contributed by atoms with Crippen LogP contribution in [-0.2, 0) is 9.09 Å². The van der Waals surface area contributed by atoms with Crippen molar-refractivity contribution in [2.24, 2.45) is 5.92 Å². The van der Waals surface area contributed by atoms with Crippen LogP contribution in [-0.4, -0.2) is 6.61 Å². The summed E-state index contributed by atoms with van der Waals surface area (Å²) in [6, 6.07) is 0. The molecule has 23 heavy (non-hydrogen) atoms. The second-order valence-electron chi connectivity index (χ2n) is 7.05. The summed E-state index contributed by atoms with van der Waals surface area (Å²) in [6.45, 7) is 5.23. The van der Waals surface area contributed by atoms with E-state index in [2.05, 4.69) is 13.8 Å². The van der Waals surface area contributed by atoms with Gasteiger partial charge in [-0.15, -0.1) is 4.52 Å². The normalized spacial score (nSPS) is 11.6. The molecule has 0 amide bonds. The van der Waals surface area contributed by atoms with E-state index in [0.29, 0.717) is 6.61 Å². The largest absolute Gasteiger partial charge is 0.494 e. The second-order valence-corrected chi connectivity index (χ2v) is 7.51. The van der Waals surface area contributed by atoms with Gasteiger partial charge in [-0.1, -0.05) is 104 Å². The van der Waals surface area contributed by atoms with Crippen molar-refractivity contribution < 1.29 is 9.09 Å². The molecule has 0 aromatic rings. The molecule has 1 atom stereocenters. The van der Waals surface area contributed by atoms with Gasteiger partial charge in [-0.05, 0) is 23.3 Å². The SMILES string of the molecule is CCCCCCCCC(CCCCCCCC)CCCO[PH+]=O. The van der Waals surface area contributed by atoms with Crippen molar-refractivity contribution in [1.82, 2.24) is 0 Å². The van der Waals surface area contributed by atoms with E-state index in [0.717, 1.165) is 12.3 Å². The van der Waals surface area contributed by atoms with Gasteiger partial charge in [0.1, 0.15) is 6.61 Å². The third-order valence-corrected chi connectivity index (χ3v) is 5.17. The molecule has 0 aliphatic heterocycles. The lowest BCUT2D eigenvalue weighted by Crippen LogP contribution is -2.03. The highest BCUT2D eigenvalue weighted by molar-refractivity contribution is 7.17. The first-order valence-electron chi connectivity index (χ1n) is 10.3. The van der Waals surface area contributed by atoms with Crippen LogP contribution < -0.4 is 0 Å². The van der Waals surface area contributed by atoms with E-state index in [9.17, 15) is 4.57 Å². The number of hydrogen-bond acceptors (Lipinski definition) is 2. The van der Waals surface area contributed by atoms with Crippen molar-refractivity contribution in [3.63, 3.8) is 0 Å². The average Bonchev–Trinajstić information content (AvgIpc) is 2.57. The van der Waals surface area contributed by atoms with Crippen molar-refractivity contribution >= 4 is 8.69 Å². The molecule has 0 radical (unpaired) electrons. The molecule has 0 heterocycles. The Morgan fingerprint density at radius 1 is 0.652 bits per heavy atom. The van der Waals surface area contributed by atoms with Gasteiger partial charge in [0.25, 0.3) is 0 Å². The average molecular weight is 346 g/mol. The molecular weight excluding hydrogens is 303 g/mol. The quantitative estimate of drug-likeness (QED) is 0.176. The molecular formula is C20H42O2P+. The molecule has 0 rings (SSSR count). The molecule has 0 aliphatic carbocycles. The van der Waals surface area contributed by atoms with Crippen molar-refractivity contribution in [2.75, 3.05) is 6.61 Å².